The second-order valence-electron chi connectivity index (χ2n) is 9.39. The van der Waals surface area contributed by atoms with E-state index in [0.717, 1.165) is 23.9 Å². The first-order valence-corrected chi connectivity index (χ1v) is 14.2. The number of alkyl halides is 3. The third-order valence-corrected chi connectivity index (χ3v) is 7.81. The SMILES string of the molecule is CCOC(=O)[C@H]1CC=C2[C@H](CCCN2C(=O)OCc2ccccc2)[C@@H]1C(=O)c1ncccc1OS(=O)(=O)C(F)(F)F. The van der Waals surface area contributed by atoms with Crippen molar-refractivity contribution < 1.29 is 49.6 Å². The van der Waals surface area contributed by atoms with E-state index in [0.29, 0.717) is 18.5 Å². The number of nitrogens with zero attached hydrogens (tertiary/aromatic N) is 2. The topological polar surface area (TPSA) is 129 Å². The molecule has 14 heteroatoms. The van der Waals surface area contributed by atoms with Gasteiger partial charge in [0, 0.05) is 30.3 Å². The summed E-state index contributed by atoms with van der Waals surface area (Å²) in [6.45, 7) is 1.88. The zero-order chi connectivity index (χ0) is 29.8. The maximum Gasteiger partial charge on any atom is 0.534 e. The van der Waals surface area contributed by atoms with E-state index in [1.165, 1.54) is 4.90 Å². The van der Waals surface area contributed by atoms with E-state index in [2.05, 4.69) is 9.17 Å². The third kappa shape index (κ3) is 6.53. The number of esters is 1. The predicted molar refractivity (Wildman–Crippen MR) is 137 cm³/mol. The molecule has 1 aromatic carbocycles. The van der Waals surface area contributed by atoms with Gasteiger partial charge in [-0.3, -0.25) is 14.5 Å². The minimum Gasteiger partial charge on any atom is -0.466 e. The summed E-state index contributed by atoms with van der Waals surface area (Å²) in [4.78, 5) is 45.1. The van der Waals surface area contributed by atoms with Gasteiger partial charge in [0.2, 0.25) is 0 Å². The van der Waals surface area contributed by atoms with Crippen molar-refractivity contribution in [3.8, 4) is 5.75 Å². The summed E-state index contributed by atoms with van der Waals surface area (Å²) in [6.07, 6.45) is 2.84. The van der Waals surface area contributed by atoms with Crippen LogP contribution in [0.2, 0.25) is 0 Å². The lowest BCUT2D eigenvalue weighted by molar-refractivity contribution is -0.150. The minimum absolute atomic E-state index is 0.00421. The van der Waals surface area contributed by atoms with Gasteiger partial charge in [0.15, 0.2) is 11.5 Å². The van der Waals surface area contributed by atoms with E-state index in [1.807, 2.05) is 6.07 Å². The highest BCUT2D eigenvalue weighted by atomic mass is 32.2. The van der Waals surface area contributed by atoms with E-state index in [1.54, 1.807) is 37.3 Å². The van der Waals surface area contributed by atoms with Gasteiger partial charge >= 0.3 is 27.7 Å². The Morgan fingerprint density at radius 1 is 1.07 bits per heavy atom. The number of pyridine rings is 1. The molecule has 2 aromatic rings. The Morgan fingerprint density at radius 3 is 2.49 bits per heavy atom. The van der Waals surface area contributed by atoms with Gasteiger partial charge in [-0.05, 0) is 43.9 Å². The van der Waals surface area contributed by atoms with Crippen LogP contribution < -0.4 is 4.18 Å². The number of Topliss-reactive ketones (excluding diaryl/α,β-unsaturated/α-hetero) is 1. The van der Waals surface area contributed by atoms with E-state index < -0.39 is 62.7 Å². The van der Waals surface area contributed by atoms with Crippen molar-refractivity contribution >= 4 is 28.0 Å². The van der Waals surface area contributed by atoms with Crippen LogP contribution in [0.3, 0.4) is 0 Å². The van der Waals surface area contributed by atoms with Crippen LogP contribution in [0.1, 0.15) is 42.2 Å². The molecule has 0 radical (unpaired) electrons. The van der Waals surface area contributed by atoms with E-state index >= 15 is 0 Å². The highest BCUT2D eigenvalue weighted by Gasteiger charge is 2.51. The van der Waals surface area contributed by atoms with Crippen LogP contribution in [0.25, 0.3) is 0 Å². The summed E-state index contributed by atoms with van der Waals surface area (Å²) in [7, 11) is -6.11. The van der Waals surface area contributed by atoms with Gasteiger partial charge < -0.3 is 13.7 Å². The molecule has 0 bridgehead atoms. The Bertz CT molecular complexity index is 1430. The van der Waals surface area contributed by atoms with E-state index in [4.69, 9.17) is 9.47 Å². The third-order valence-electron chi connectivity index (χ3n) is 6.84. The minimum atomic E-state index is -6.11. The van der Waals surface area contributed by atoms with Crippen molar-refractivity contribution in [2.24, 2.45) is 17.8 Å². The summed E-state index contributed by atoms with van der Waals surface area (Å²) < 4.78 is 77.5. The molecule has 1 aliphatic heterocycles. The number of amides is 1. The largest absolute Gasteiger partial charge is 0.534 e. The van der Waals surface area contributed by atoms with Gasteiger partial charge in [-0.2, -0.15) is 21.6 Å². The lowest BCUT2D eigenvalue weighted by atomic mass is 9.68. The molecule has 0 N–H and O–H groups in total. The van der Waals surface area contributed by atoms with Gasteiger partial charge in [-0.1, -0.05) is 36.4 Å². The molecule has 41 heavy (non-hydrogen) atoms. The zero-order valence-corrected chi connectivity index (χ0v) is 22.7. The second-order valence-corrected chi connectivity index (χ2v) is 10.9. The van der Waals surface area contributed by atoms with Gasteiger partial charge in [0.25, 0.3) is 0 Å². The monoisotopic (exact) mass is 596 g/mol. The van der Waals surface area contributed by atoms with Gasteiger partial charge in [0.05, 0.1) is 12.5 Å². The van der Waals surface area contributed by atoms with Crippen molar-refractivity contribution in [3.05, 3.63) is 71.7 Å². The number of carbonyl (C=O) groups is 3. The van der Waals surface area contributed by atoms with Crippen LogP contribution in [0.5, 0.6) is 5.75 Å². The molecule has 0 unspecified atom stereocenters. The Labute approximate surface area is 234 Å². The Hall–Kier alpha value is -3.94. The van der Waals surface area contributed by atoms with Crippen molar-refractivity contribution in [1.29, 1.82) is 0 Å². The van der Waals surface area contributed by atoms with Crippen molar-refractivity contribution in [1.82, 2.24) is 9.88 Å². The van der Waals surface area contributed by atoms with Crippen molar-refractivity contribution in [3.63, 3.8) is 0 Å². The smallest absolute Gasteiger partial charge is 0.466 e. The average Bonchev–Trinajstić information content (AvgIpc) is 2.94. The lowest BCUT2D eigenvalue weighted by Gasteiger charge is -2.43. The van der Waals surface area contributed by atoms with Crippen molar-refractivity contribution in [2.45, 2.75) is 38.3 Å². The number of ether oxygens (including phenoxy) is 2. The van der Waals surface area contributed by atoms with E-state index in [-0.39, 0.29) is 26.2 Å². The van der Waals surface area contributed by atoms with Gasteiger partial charge in [0.1, 0.15) is 12.3 Å². The van der Waals surface area contributed by atoms with Gasteiger partial charge in [-0.25, -0.2) is 9.78 Å². The summed E-state index contributed by atoms with van der Waals surface area (Å²) in [5.41, 5.74) is -5.25. The molecule has 1 fully saturated rings. The molecule has 0 spiro atoms. The number of benzene rings is 1. The molecular formula is C27H27F3N2O8S. The first-order chi connectivity index (χ1) is 19.4. The number of piperidine rings is 1. The van der Waals surface area contributed by atoms with Crippen molar-refractivity contribution in [2.75, 3.05) is 13.2 Å². The average molecular weight is 597 g/mol. The Balaban J connectivity index is 1.66. The highest BCUT2D eigenvalue weighted by Crippen LogP contribution is 2.45. The van der Waals surface area contributed by atoms with Crippen LogP contribution in [0.15, 0.2) is 60.4 Å². The number of fused-ring (bicyclic) bond motifs is 1. The lowest BCUT2D eigenvalue weighted by Crippen LogP contribution is -2.47. The molecule has 220 valence electrons. The Morgan fingerprint density at radius 2 is 1.80 bits per heavy atom. The van der Waals surface area contributed by atoms with Gasteiger partial charge in [-0.15, -0.1) is 0 Å². The molecule has 3 atom stereocenters. The normalized spacial score (nSPS) is 20.8. The second kappa shape index (κ2) is 12.3. The molecule has 4 rings (SSSR count). The van der Waals surface area contributed by atoms with Crippen LogP contribution in [-0.4, -0.2) is 54.8 Å². The standard InChI is InChI=1S/C27H27F3N2O8S/c1-2-38-25(34)19-12-13-20-18(10-7-15-32(20)26(35)39-16-17-8-4-3-5-9-17)22(19)24(33)23-21(11-6-14-31-23)40-41(36,37)27(28,29)30/h3-6,8-9,11,13-14,18-19,22H,2,7,10,12,15-16H2,1H3/t18-,19-,22-/m0/s1. The summed E-state index contributed by atoms with van der Waals surface area (Å²) in [5, 5.41) is 0. The van der Waals surface area contributed by atoms with E-state index in [9.17, 15) is 36.0 Å². The van der Waals surface area contributed by atoms with Crippen LogP contribution in [-0.2, 0) is 31.0 Å². The molecule has 2 aliphatic rings. The molecule has 1 aromatic heterocycles. The summed E-state index contributed by atoms with van der Waals surface area (Å²) in [5.74, 6) is -5.59. The quantitative estimate of drug-likeness (QED) is 0.185. The molecule has 10 nitrogen and oxygen atoms in total. The maximum absolute atomic E-state index is 13.9. The fraction of sp³-hybridized carbons (Fsp3) is 0.407. The number of allylic oxidation sites excluding steroid dienone is 2. The fourth-order valence-corrected chi connectivity index (χ4v) is 5.53. The number of hydrogen-bond donors (Lipinski definition) is 0. The summed E-state index contributed by atoms with van der Waals surface area (Å²) in [6, 6.07) is 11.0. The van der Waals surface area contributed by atoms with Crippen LogP contribution >= 0.6 is 0 Å². The first kappa shape index (κ1) is 30.0. The number of ketones is 1. The maximum atomic E-state index is 13.9. The Kier molecular flexibility index (Phi) is 9.00. The molecule has 0 saturated carbocycles. The number of halogens is 3. The number of hydrogen-bond acceptors (Lipinski definition) is 9. The fourth-order valence-electron chi connectivity index (χ4n) is 5.06. The molecule has 2 heterocycles. The van der Waals surface area contributed by atoms with Crippen LogP contribution in [0.4, 0.5) is 18.0 Å². The zero-order valence-electron chi connectivity index (χ0n) is 21.9. The number of rotatable bonds is 8. The molecular weight excluding hydrogens is 569 g/mol. The first-order valence-electron chi connectivity index (χ1n) is 12.8. The highest BCUT2D eigenvalue weighted by molar-refractivity contribution is 7.88. The number of carbonyl (C=O) groups excluding carboxylic acids is 3. The molecule has 1 saturated heterocycles. The predicted octanol–water partition coefficient (Wildman–Crippen LogP) is 4.62. The molecule has 1 aliphatic carbocycles. The number of likely N-dealkylation sites (tertiary alicyclic amines) is 1. The van der Waals surface area contributed by atoms with Crippen LogP contribution in [0, 0.1) is 17.8 Å². The summed E-state index contributed by atoms with van der Waals surface area (Å²) >= 11 is 0. The number of aromatic nitrogens is 1. The molecule has 1 amide bonds.